The van der Waals surface area contributed by atoms with Gasteiger partial charge in [0, 0.05) is 19.4 Å². The number of aromatic nitrogens is 1. The second kappa shape index (κ2) is 8.99. The third-order valence-electron chi connectivity index (χ3n) is 3.84. The Morgan fingerprint density at radius 2 is 1.93 bits per heavy atom. The lowest BCUT2D eigenvalue weighted by Gasteiger charge is -2.13. The molecule has 2 aromatic carbocycles. The molecule has 0 saturated carbocycles. The minimum absolute atomic E-state index is 0.228. The van der Waals surface area contributed by atoms with Crippen molar-refractivity contribution in [1.82, 2.24) is 4.98 Å². The van der Waals surface area contributed by atoms with Gasteiger partial charge in [0.2, 0.25) is 0 Å². The van der Waals surface area contributed by atoms with Crippen LogP contribution in [0.1, 0.15) is 18.7 Å². The highest BCUT2D eigenvalue weighted by molar-refractivity contribution is 9.10. The molecule has 27 heavy (non-hydrogen) atoms. The molecule has 0 aliphatic heterocycles. The van der Waals surface area contributed by atoms with Gasteiger partial charge in [-0.1, -0.05) is 57.0 Å². The zero-order valence-corrected chi connectivity index (χ0v) is 18.8. The summed E-state index contributed by atoms with van der Waals surface area (Å²) >= 11 is 8.34. The molecule has 3 aromatic rings. The normalized spacial score (nSPS) is 11.9. The minimum Gasteiger partial charge on any atom is -0.481 e. The Hall–Kier alpha value is -1.70. The SMILES string of the molecule is CCc1sc(NC(=O)C(C)Oc2cccc(Br)c2)nc1-c1ccc(Br)cc1. The van der Waals surface area contributed by atoms with Gasteiger partial charge in [-0.15, -0.1) is 11.3 Å². The smallest absolute Gasteiger partial charge is 0.266 e. The summed E-state index contributed by atoms with van der Waals surface area (Å²) in [5.41, 5.74) is 1.94. The largest absolute Gasteiger partial charge is 0.481 e. The van der Waals surface area contributed by atoms with Crippen LogP contribution in [-0.4, -0.2) is 17.0 Å². The van der Waals surface area contributed by atoms with Crippen LogP contribution in [0, 0.1) is 0 Å². The van der Waals surface area contributed by atoms with Crippen molar-refractivity contribution in [2.75, 3.05) is 5.32 Å². The first-order chi connectivity index (χ1) is 13.0. The highest BCUT2D eigenvalue weighted by Gasteiger charge is 2.19. The zero-order valence-electron chi connectivity index (χ0n) is 14.8. The molecule has 0 aliphatic rings. The lowest BCUT2D eigenvalue weighted by Crippen LogP contribution is -2.30. The van der Waals surface area contributed by atoms with Crippen LogP contribution in [0.25, 0.3) is 11.3 Å². The van der Waals surface area contributed by atoms with Crippen molar-refractivity contribution in [1.29, 1.82) is 0 Å². The molecule has 7 heteroatoms. The van der Waals surface area contributed by atoms with E-state index in [1.807, 2.05) is 48.5 Å². The average molecular weight is 510 g/mol. The van der Waals surface area contributed by atoms with E-state index in [4.69, 9.17) is 4.74 Å². The Morgan fingerprint density at radius 1 is 1.19 bits per heavy atom. The molecule has 0 fully saturated rings. The highest BCUT2D eigenvalue weighted by Crippen LogP contribution is 2.32. The van der Waals surface area contributed by atoms with Crippen molar-refractivity contribution in [2.24, 2.45) is 0 Å². The number of thiazole rings is 1. The molecule has 140 valence electrons. The van der Waals surface area contributed by atoms with Crippen LogP contribution in [-0.2, 0) is 11.2 Å². The first-order valence-electron chi connectivity index (χ1n) is 8.45. The Labute approximate surface area is 179 Å². The van der Waals surface area contributed by atoms with Gasteiger partial charge >= 0.3 is 0 Å². The van der Waals surface area contributed by atoms with Gasteiger partial charge in [0.1, 0.15) is 5.75 Å². The first-order valence-corrected chi connectivity index (χ1v) is 10.8. The van der Waals surface area contributed by atoms with E-state index in [0.717, 1.165) is 31.5 Å². The quantitative estimate of drug-likeness (QED) is 0.424. The van der Waals surface area contributed by atoms with E-state index in [9.17, 15) is 4.79 Å². The van der Waals surface area contributed by atoms with Crippen molar-refractivity contribution in [3.8, 4) is 17.0 Å². The fourth-order valence-electron chi connectivity index (χ4n) is 2.48. The minimum atomic E-state index is -0.635. The fraction of sp³-hybridized carbons (Fsp3) is 0.200. The lowest BCUT2D eigenvalue weighted by atomic mass is 10.1. The van der Waals surface area contributed by atoms with Crippen LogP contribution < -0.4 is 10.1 Å². The molecule has 1 N–H and O–H groups in total. The van der Waals surface area contributed by atoms with Gasteiger partial charge in [0.05, 0.1) is 5.69 Å². The van der Waals surface area contributed by atoms with Gasteiger partial charge in [-0.3, -0.25) is 10.1 Å². The van der Waals surface area contributed by atoms with Crippen LogP contribution in [0.3, 0.4) is 0 Å². The molecule has 0 saturated heterocycles. The predicted molar refractivity (Wildman–Crippen MR) is 117 cm³/mol. The van der Waals surface area contributed by atoms with Gasteiger partial charge in [-0.2, -0.15) is 0 Å². The lowest BCUT2D eigenvalue weighted by molar-refractivity contribution is -0.122. The number of halogens is 2. The number of hydrogen-bond donors (Lipinski definition) is 1. The molecule has 1 aromatic heterocycles. The number of nitrogens with one attached hydrogen (secondary N) is 1. The Kier molecular flexibility index (Phi) is 6.68. The van der Waals surface area contributed by atoms with E-state index in [0.29, 0.717) is 10.9 Å². The summed E-state index contributed by atoms with van der Waals surface area (Å²) in [6, 6.07) is 15.4. The topological polar surface area (TPSA) is 51.2 Å². The van der Waals surface area contributed by atoms with E-state index in [1.54, 1.807) is 6.92 Å². The molecular formula is C20H18Br2N2O2S. The summed E-state index contributed by atoms with van der Waals surface area (Å²) in [6.07, 6.45) is 0.215. The molecule has 1 unspecified atom stereocenters. The molecule has 0 radical (unpaired) electrons. The van der Waals surface area contributed by atoms with Crippen molar-refractivity contribution in [3.63, 3.8) is 0 Å². The van der Waals surface area contributed by atoms with Crippen LogP contribution in [0.2, 0.25) is 0 Å². The van der Waals surface area contributed by atoms with Crippen LogP contribution in [0.5, 0.6) is 5.75 Å². The number of aryl methyl sites for hydroxylation is 1. The third-order valence-corrected chi connectivity index (χ3v) is 5.98. The van der Waals surface area contributed by atoms with Crippen LogP contribution >= 0.6 is 43.2 Å². The molecule has 3 rings (SSSR count). The van der Waals surface area contributed by atoms with Gasteiger partial charge in [0.25, 0.3) is 5.91 Å². The van der Waals surface area contributed by atoms with E-state index in [1.165, 1.54) is 11.3 Å². The van der Waals surface area contributed by atoms with E-state index < -0.39 is 6.10 Å². The Balaban J connectivity index is 1.73. The van der Waals surface area contributed by atoms with Gasteiger partial charge in [-0.25, -0.2) is 4.98 Å². The summed E-state index contributed by atoms with van der Waals surface area (Å²) in [4.78, 5) is 18.3. The van der Waals surface area contributed by atoms with Crippen molar-refractivity contribution < 1.29 is 9.53 Å². The number of carbonyl (C=O) groups excluding carboxylic acids is 1. The summed E-state index contributed by atoms with van der Waals surface area (Å²) in [5, 5.41) is 3.46. The molecule has 4 nitrogen and oxygen atoms in total. The maximum atomic E-state index is 12.5. The second-order valence-corrected chi connectivity index (χ2v) is 8.77. The number of rotatable bonds is 6. The predicted octanol–water partition coefficient (Wildman–Crippen LogP) is 6.30. The third kappa shape index (κ3) is 5.18. The Bertz CT molecular complexity index is 941. The maximum Gasteiger partial charge on any atom is 0.266 e. The van der Waals surface area contributed by atoms with Crippen LogP contribution in [0.15, 0.2) is 57.5 Å². The van der Waals surface area contributed by atoms with Gasteiger partial charge < -0.3 is 4.74 Å². The van der Waals surface area contributed by atoms with E-state index in [2.05, 4.69) is 49.1 Å². The number of amides is 1. The van der Waals surface area contributed by atoms with E-state index in [-0.39, 0.29) is 5.91 Å². The van der Waals surface area contributed by atoms with Gasteiger partial charge in [-0.05, 0) is 43.7 Å². The Morgan fingerprint density at radius 3 is 2.59 bits per heavy atom. The van der Waals surface area contributed by atoms with Crippen molar-refractivity contribution >= 4 is 54.2 Å². The monoisotopic (exact) mass is 508 g/mol. The summed E-state index contributed by atoms with van der Waals surface area (Å²) in [7, 11) is 0. The number of benzene rings is 2. The highest BCUT2D eigenvalue weighted by atomic mass is 79.9. The number of nitrogens with zero attached hydrogens (tertiary/aromatic N) is 1. The fourth-order valence-corrected chi connectivity index (χ4v) is 4.05. The molecule has 0 spiro atoms. The van der Waals surface area contributed by atoms with E-state index >= 15 is 0 Å². The second-order valence-electron chi connectivity index (χ2n) is 5.86. The van der Waals surface area contributed by atoms with Gasteiger partial charge in [0.15, 0.2) is 11.2 Å². The first kappa shape index (κ1) is 20.0. The standard InChI is InChI=1S/C20H18Br2N2O2S/c1-3-17-18(13-7-9-14(21)10-8-13)23-20(27-17)24-19(25)12(2)26-16-6-4-5-15(22)11-16/h4-12H,3H2,1-2H3,(H,23,24,25). The molecule has 0 bridgehead atoms. The van der Waals surface area contributed by atoms with Crippen LogP contribution in [0.4, 0.5) is 5.13 Å². The number of carbonyl (C=O) groups is 1. The van der Waals surface area contributed by atoms with Crippen molar-refractivity contribution in [3.05, 3.63) is 62.4 Å². The summed E-state index contributed by atoms with van der Waals surface area (Å²) < 4.78 is 7.64. The molecule has 1 amide bonds. The van der Waals surface area contributed by atoms with Crippen molar-refractivity contribution in [2.45, 2.75) is 26.4 Å². The number of hydrogen-bond acceptors (Lipinski definition) is 4. The molecular weight excluding hydrogens is 492 g/mol. The average Bonchev–Trinajstić information content (AvgIpc) is 3.05. The zero-order chi connectivity index (χ0) is 19.4. The maximum absolute atomic E-state index is 12.5. The number of ether oxygens (including phenoxy) is 1. The number of anilines is 1. The molecule has 1 heterocycles. The summed E-state index contributed by atoms with van der Waals surface area (Å²) in [5.74, 6) is 0.407. The molecule has 0 aliphatic carbocycles. The molecule has 1 atom stereocenters. The summed E-state index contributed by atoms with van der Waals surface area (Å²) in [6.45, 7) is 3.81.